The molecule has 20 nitrogen and oxygen atoms in total. The van der Waals surface area contributed by atoms with Crippen molar-refractivity contribution in [3.63, 3.8) is 0 Å². The van der Waals surface area contributed by atoms with Crippen molar-refractivity contribution in [2.45, 2.75) is 117 Å². The van der Waals surface area contributed by atoms with Gasteiger partial charge in [-0.3, -0.25) is 29.9 Å². The highest BCUT2D eigenvalue weighted by Crippen LogP contribution is 2.49. The lowest BCUT2D eigenvalue weighted by molar-refractivity contribution is 0.190. The summed E-state index contributed by atoms with van der Waals surface area (Å²) in [7, 11) is -6.86. The fraction of sp³-hybridized carbons (Fsp3) is 0.810. The van der Waals surface area contributed by atoms with E-state index in [1.807, 2.05) is 0 Å². The molecule has 0 aliphatic heterocycles. The van der Waals surface area contributed by atoms with Crippen molar-refractivity contribution in [2.75, 3.05) is 104 Å². The van der Waals surface area contributed by atoms with Crippen LogP contribution < -0.4 is 45.0 Å². The molecule has 70 heavy (non-hydrogen) atoms. The molecule has 16 N–H and O–H groups in total. The van der Waals surface area contributed by atoms with Crippen molar-refractivity contribution in [3.8, 4) is 0 Å². The maximum absolute atomic E-state index is 14.1. The van der Waals surface area contributed by atoms with Crippen LogP contribution in [0.5, 0.6) is 0 Å². The fourth-order valence-electron chi connectivity index (χ4n) is 6.19. The van der Waals surface area contributed by atoms with Crippen molar-refractivity contribution < 1.29 is 27.2 Å². The quantitative estimate of drug-likeness (QED) is 0.00928. The summed E-state index contributed by atoms with van der Waals surface area (Å²) in [4.78, 5) is 12.5. The predicted octanol–water partition coefficient (Wildman–Crippen LogP) is 7.48. The second-order valence-corrected chi connectivity index (χ2v) is 20.0. The third kappa shape index (κ3) is 55.8. The molecular weight excluding hydrogens is 1070 g/mol. The Morgan fingerprint density at radius 3 is 1.13 bits per heavy atom. The van der Waals surface area contributed by atoms with Gasteiger partial charge < -0.3 is 72.9 Å². The van der Waals surface area contributed by atoms with E-state index in [1.54, 1.807) is 0 Å². The average molecular weight is 1170 g/mol. The zero-order valence-electron chi connectivity index (χ0n) is 42.0. The summed E-state index contributed by atoms with van der Waals surface area (Å²) >= 11 is 0. The molecule has 0 saturated heterocycles. The van der Waals surface area contributed by atoms with Gasteiger partial charge in [-0.15, -0.1) is 74.4 Å². The topological polar surface area (TPSA) is 330 Å². The summed E-state index contributed by atoms with van der Waals surface area (Å²) in [5.74, 6) is -0.0611. The fourth-order valence-corrected chi connectivity index (χ4v) is 9.49. The van der Waals surface area contributed by atoms with Crippen LogP contribution in [0.2, 0.25) is 0 Å². The SMILES string of the molecule is CCCC/C=C\CCOP(=O)(CCN(CCCN=C(N)N)CCCN=C(N)N)OCCCCCCOP(=O)(CCN(CCCNC(=N)N)CCCNC(=N)N)OCC/C=C\CCCC.Cl.Cl.Cl.Cl.Cl.Cl. The predicted molar refractivity (Wildman–Crippen MR) is 310 cm³/mol. The molecule has 0 spiro atoms. The lowest BCUT2D eigenvalue weighted by Crippen LogP contribution is -2.36. The van der Waals surface area contributed by atoms with Crippen LogP contribution in [0.25, 0.3) is 0 Å². The van der Waals surface area contributed by atoms with Gasteiger partial charge in [-0.05, 0) is 90.4 Å². The minimum Gasteiger partial charge on any atom is -0.370 e. The van der Waals surface area contributed by atoms with Gasteiger partial charge in [-0.1, -0.05) is 76.7 Å². The van der Waals surface area contributed by atoms with Gasteiger partial charge in [0, 0.05) is 39.3 Å². The molecule has 422 valence electrons. The molecular formula is C42H96Cl6N14O6P2. The molecule has 0 aliphatic rings. The van der Waals surface area contributed by atoms with Crippen molar-refractivity contribution >= 4 is 113 Å². The number of allylic oxidation sites excluding steroid dienone is 2. The Balaban J connectivity index is -0.00000132. The number of hydrogen-bond acceptors (Lipinski definition) is 12. The van der Waals surface area contributed by atoms with Crippen LogP contribution in [0, 0.1) is 10.8 Å². The van der Waals surface area contributed by atoms with Gasteiger partial charge in [0.25, 0.3) is 0 Å². The van der Waals surface area contributed by atoms with E-state index >= 15 is 0 Å². The lowest BCUT2D eigenvalue weighted by atomic mass is 10.2. The number of nitrogens with zero attached hydrogens (tertiary/aromatic N) is 4. The highest BCUT2D eigenvalue weighted by Gasteiger charge is 2.27. The first-order chi connectivity index (χ1) is 30.7. The minimum atomic E-state index is -3.43. The number of nitrogens with one attached hydrogen (secondary N) is 4. The highest BCUT2D eigenvalue weighted by molar-refractivity contribution is 7.54. The first-order valence-electron chi connectivity index (χ1n) is 23.5. The summed E-state index contributed by atoms with van der Waals surface area (Å²) in [5, 5.41) is 20.5. The van der Waals surface area contributed by atoms with E-state index in [2.05, 4.69) is 68.6 Å². The molecule has 0 bridgehead atoms. The Kier molecular flexibility index (Phi) is 67.0. The van der Waals surface area contributed by atoms with E-state index in [1.165, 1.54) is 0 Å². The van der Waals surface area contributed by atoms with Gasteiger partial charge in [0.1, 0.15) is 0 Å². The molecule has 2 unspecified atom stereocenters. The molecule has 0 radical (unpaired) electrons. The first-order valence-corrected chi connectivity index (χ1v) is 27.0. The van der Waals surface area contributed by atoms with Gasteiger partial charge in [0.15, 0.2) is 23.8 Å². The number of rotatable bonds is 45. The lowest BCUT2D eigenvalue weighted by Gasteiger charge is -2.25. The maximum Gasteiger partial charge on any atom is 0.331 e. The van der Waals surface area contributed by atoms with Crippen molar-refractivity contribution in [2.24, 2.45) is 44.4 Å². The van der Waals surface area contributed by atoms with Crippen LogP contribution in [0.3, 0.4) is 0 Å². The monoisotopic (exact) mass is 1160 g/mol. The number of hydrogen-bond donors (Lipinski definition) is 10. The van der Waals surface area contributed by atoms with E-state index in [4.69, 9.17) is 63.3 Å². The van der Waals surface area contributed by atoms with E-state index in [0.29, 0.717) is 104 Å². The molecule has 0 aromatic carbocycles. The van der Waals surface area contributed by atoms with E-state index in [9.17, 15) is 9.13 Å². The second kappa shape index (κ2) is 56.8. The number of halogens is 6. The molecule has 2 atom stereocenters. The van der Waals surface area contributed by atoms with Crippen LogP contribution in [-0.4, -0.2) is 138 Å². The van der Waals surface area contributed by atoms with Crippen LogP contribution in [0.4, 0.5) is 0 Å². The molecule has 0 aromatic rings. The van der Waals surface area contributed by atoms with Crippen molar-refractivity contribution in [3.05, 3.63) is 24.3 Å². The third-order valence-corrected chi connectivity index (χ3v) is 13.5. The summed E-state index contributed by atoms with van der Waals surface area (Å²) in [5.41, 5.74) is 32.9. The second-order valence-electron chi connectivity index (χ2n) is 15.6. The van der Waals surface area contributed by atoms with Gasteiger partial charge in [0.2, 0.25) is 0 Å². The largest absolute Gasteiger partial charge is 0.370 e. The molecule has 0 aromatic heterocycles. The minimum absolute atomic E-state index is 0. The molecule has 0 fully saturated rings. The van der Waals surface area contributed by atoms with Crippen LogP contribution in [-0.2, 0) is 27.2 Å². The summed E-state index contributed by atoms with van der Waals surface area (Å²) < 4.78 is 52.3. The first kappa shape index (κ1) is 82.5. The Bertz CT molecular complexity index is 1380. The zero-order chi connectivity index (χ0) is 47.6. The van der Waals surface area contributed by atoms with E-state index in [-0.39, 0.29) is 124 Å². The Morgan fingerprint density at radius 1 is 0.471 bits per heavy atom. The van der Waals surface area contributed by atoms with E-state index < -0.39 is 15.2 Å². The zero-order valence-corrected chi connectivity index (χ0v) is 48.7. The number of guanidine groups is 4. The van der Waals surface area contributed by atoms with Gasteiger partial charge in [-0.2, -0.15) is 0 Å². The maximum atomic E-state index is 14.1. The smallest absolute Gasteiger partial charge is 0.331 e. The summed E-state index contributed by atoms with van der Waals surface area (Å²) in [6.45, 7) is 11.3. The van der Waals surface area contributed by atoms with E-state index in [0.717, 1.165) is 77.0 Å². The Morgan fingerprint density at radius 2 is 0.800 bits per heavy atom. The number of unbranched alkanes of at least 4 members (excludes halogenated alkanes) is 7. The molecule has 0 amide bonds. The van der Waals surface area contributed by atoms with Crippen LogP contribution in [0.1, 0.15) is 117 Å². The van der Waals surface area contributed by atoms with Gasteiger partial charge >= 0.3 is 15.2 Å². The molecule has 0 saturated carbocycles. The summed E-state index contributed by atoms with van der Waals surface area (Å²) in [6, 6.07) is 0. The van der Waals surface area contributed by atoms with Gasteiger partial charge in [-0.25, -0.2) is 0 Å². The molecule has 0 aliphatic carbocycles. The normalized spacial score (nSPS) is 12.5. The van der Waals surface area contributed by atoms with Crippen LogP contribution in [0.15, 0.2) is 34.3 Å². The molecule has 0 heterocycles. The summed E-state index contributed by atoms with van der Waals surface area (Å²) in [6.07, 6.45) is 22.6. The standard InChI is InChI=1S/C42H90N14O6P2.6ClH/c1-3-5-7-9-11-15-33-59-63(57,37-31-55(27-19-23-51-39(43)44)28-20-24-52-40(45)46)61-35-17-13-14-18-36-62-64(58,60-34-16-12-10-8-6-4-2)38-32-56(29-21-25-53-41(47)48)30-22-26-54-42(49)50;;;;;;/h9-12H,3-8,13-38H2,1-2H3,(H4,43,44,51)(H4,45,46,52)(H4,47,48,53)(H4,49,50,54);6*1H/b11-9-,12-10-;;;;;;. The number of nitrogens with two attached hydrogens (primary N) is 6. The average Bonchev–Trinajstić information content (AvgIpc) is 3.24. The van der Waals surface area contributed by atoms with Crippen LogP contribution >= 0.6 is 89.6 Å². The highest BCUT2D eigenvalue weighted by atomic mass is 35.5. The van der Waals surface area contributed by atoms with Crippen molar-refractivity contribution in [1.82, 2.24) is 20.4 Å². The van der Waals surface area contributed by atoms with Gasteiger partial charge in [0.05, 0.1) is 38.8 Å². The Labute approximate surface area is 458 Å². The van der Waals surface area contributed by atoms with Crippen molar-refractivity contribution in [1.29, 1.82) is 10.8 Å². The molecule has 28 heteroatoms. The third-order valence-electron chi connectivity index (χ3n) is 9.71. The number of aliphatic imine (C=N–C) groups is 2. The molecule has 0 rings (SSSR count). The Hall–Kier alpha value is -1.48.